The predicted octanol–water partition coefficient (Wildman–Crippen LogP) is 1.85. The summed E-state index contributed by atoms with van der Waals surface area (Å²) >= 11 is 5.83. The summed E-state index contributed by atoms with van der Waals surface area (Å²) < 4.78 is 0. The molecular formula is C12H14ClN3O. The first-order chi connectivity index (χ1) is 8.08. The molecule has 1 aromatic rings. The lowest BCUT2D eigenvalue weighted by Crippen LogP contribution is -2.34. The van der Waals surface area contributed by atoms with E-state index in [9.17, 15) is 4.79 Å². The molecule has 1 aromatic heterocycles. The molecule has 0 aromatic carbocycles. The van der Waals surface area contributed by atoms with Crippen LogP contribution in [0.5, 0.6) is 0 Å². The summed E-state index contributed by atoms with van der Waals surface area (Å²) in [6.45, 7) is 1.95. The topological polar surface area (TPSA) is 68.0 Å². The molecule has 1 rings (SSSR count). The quantitative estimate of drug-likeness (QED) is 0.634. The molecule has 0 aliphatic heterocycles. The Labute approximate surface area is 106 Å². The minimum atomic E-state index is -0.308. The number of terminal acetylenes is 1. The number of hydrogen-bond donors (Lipinski definition) is 2. The third-order valence-electron chi connectivity index (χ3n) is 2.30. The van der Waals surface area contributed by atoms with E-state index in [0.717, 1.165) is 6.42 Å². The zero-order valence-electron chi connectivity index (χ0n) is 9.53. The summed E-state index contributed by atoms with van der Waals surface area (Å²) in [4.78, 5) is 15.7. The summed E-state index contributed by atoms with van der Waals surface area (Å²) in [5.41, 5.74) is 6.21. The number of nitrogens with two attached hydrogens (primary N) is 1. The van der Waals surface area contributed by atoms with E-state index >= 15 is 0 Å². The van der Waals surface area contributed by atoms with E-state index in [0.29, 0.717) is 12.1 Å². The van der Waals surface area contributed by atoms with E-state index in [1.807, 2.05) is 6.92 Å². The second-order valence-corrected chi connectivity index (χ2v) is 3.95. The molecule has 1 heterocycles. The molecule has 0 radical (unpaired) electrons. The lowest BCUT2D eigenvalue weighted by Gasteiger charge is -2.14. The maximum atomic E-state index is 11.9. The van der Waals surface area contributed by atoms with Crippen molar-refractivity contribution < 1.29 is 4.79 Å². The summed E-state index contributed by atoms with van der Waals surface area (Å²) in [7, 11) is 0. The molecule has 90 valence electrons. The first-order valence-corrected chi connectivity index (χ1v) is 5.61. The van der Waals surface area contributed by atoms with Crippen molar-refractivity contribution in [1.29, 1.82) is 0 Å². The van der Waals surface area contributed by atoms with Crippen LogP contribution in [0.3, 0.4) is 0 Å². The van der Waals surface area contributed by atoms with Crippen molar-refractivity contribution in [3.63, 3.8) is 0 Å². The molecule has 0 aliphatic carbocycles. The number of rotatable bonds is 4. The molecule has 4 nitrogen and oxygen atoms in total. The van der Waals surface area contributed by atoms with E-state index in [4.69, 9.17) is 23.8 Å². The Morgan fingerprint density at radius 2 is 2.47 bits per heavy atom. The van der Waals surface area contributed by atoms with Gasteiger partial charge in [0.25, 0.3) is 5.91 Å². The van der Waals surface area contributed by atoms with E-state index in [1.165, 1.54) is 12.3 Å². The van der Waals surface area contributed by atoms with Crippen molar-refractivity contribution in [2.75, 3.05) is 5.73 Å². The highest BCUT2D eigenvalue weighted by molar-refractivity contribution is 6.32. The highest BCUT2D eigenvalue weighted by Gasteiger charge is 2.15. The van der Waals surface area contributed by atoms with Gasteiger partial charge in [-0.1, -0.05) is 18.5 Å². The van der Waals surface area contributed by atoms with Crippen LogP contribution in [0.1, 0.15) is 30.1 Å². The van der Waals surface area contributed by atoms with Crippen molar-refractivity contribution in [2.45, 2.75) is 25.8 Å². The van der Waals surface area contributed by atoms with Gasteiger partial charge in [-0.15, -0.1) is 12.3 Å². The van der Waals surface area contributed by atoms with Crippen LogP contribution in [0, 0.1) is 12.3 Å². The number of hydrogen-bond acceptors (Lipinski definition) is 3. The normalized spacial score (nSPS) is 11.6. The van der Waals surface area contributed by atoms with Gasteiger partial charge >= 0.3 is 0 Å². The molecule has 0 saturated carbocycles. The van der Waals surface area contributed by atoms with Gasteiger partial charge in [-0.05, 0) is 12.5 Å². The molecule has 1 amide bonds. The van der Waals surface area contributed by atoms with Crippen molar-refractivity contribution in [3.8, 4) is 12.3 Å². The van der Waals surface area contributed by atoms with Crippen molar-refractivity contribution in [1.82, 2.24) is 10.3 Å². The maximum Gasteiger partial charge on any atom is 0.254 e. The zero-order valence-corrected chi connectivity index (χ0v) is 10.3. The average molecular weight is 252 g/mol. The van der Waals surface area contributed by atoms with Crippen LogP contribution in [-0.4, -0.2) is 16.9 Å². The Morgan fingerprint density at radius 3 is 3.06 bits per heavy atom. The van der Waals surface area contributed by atoms with Crippen LogP contribution in [0.2, 0.25) is 5.15 Å². The number of carbonyl (C=O) groups excluding carboxylic acids is 1. The summed E-state index contributed by atoms with van der Waals surface area (Å²) in [5.74, 6) is 2.21. The number of nitrogens with zero attached hydrogens (tertiary/aromatic N) is 1. The molecule has 17 heavy (non-hydrogen) atoms. The molecule has 0 aliphatic rings. The molecule has 1 unspecified atom stereocenters. The summed E-state index contributed by atoms with van der Waals surface area (Å²) in [6, 6.07) is 1.43. The second-order valence-electron chi connectivity index (χ2n) is 3.59. The largest absolute Gasteiger partial charge is 0.397 e. The lowest BCUT2D eigenvalue weighted by atomic mass is 10.1. The van der Waals surface area contributed by atoms with Crippen LogP contribution >= 0.6 is 11.6 Å². The van der Waals surface area contributed by atoms with Gasteiger partial charge in [-0.2, -0.15) is 0 Å². The number of amides is 1. The van der Waals surface area contributed by atoms with Gasteiger partial charge in [0.1, 0.15) is 5.15 Å². The van der Waals surface area contributed by atoms with Gasteiger partial charge in [0, 0.05) is 12.5 Å². The zero-order chi connectivity index (χ0) is 12.8. The lowest BCUT2D eigenvalue weighted by molar-refractivity contribution is 0.0936. The van der Waals surface area contributed by atoms with Crippen LogP contribution in [0.15, 0.2) is 12.3 Å². The Morgan fingerprint density at radius 1 is 1.76 bits per heavy atom. The molecule has 1 atom stereocenters. The molecular weight excluding hydrogens is 238 g/mol. The van der Waals surface area contributed by atoms with Crippen LogP contribution in [0.25, 0.3) is 0 Å². The summed E-state index contributed by atoms with van der Waals surface area (Å²) in [5, 5.41) is 2.92. The number of nitrogen functional groups attached to an aromatic ring is 1. The number of halogens is 1. The van der Waals surface area contributed by atoms with E-state index in [1.54, 1.807) is 0 Å². The van der Waals surface area contributed by atoms with E-state index in [-0.39, 0.29) is 22.7 Å². The smallest absolute Gasteiger partial charge is 0.254 e. The van der Waals surface area contributed by atoms with Gasteiger partial charge in [0.2, 0.25) is 0 Å². The first kappa shape index (κ1) is 13.3. The molecule has 0 saturated heterocycles. The Kier molecular flexibility index (Phi) is 4.80. The minimum Gasteiger partial charge on any atom is -0.397 e. The first-order valence-electron chi connectivity index (χ1n) is 5.23. The van der Waals surface area contributed by atoms with Crippen LogP contribution < -0.4 is 11.1 Å². The molecule has 0 bridgehead atoms. The van der Waals surface area contributed by atoms with Gasteiger partial charge in [-0.25, -0.2) is 4.98 Å². The van der Waals surface area contributed by atoms with Gasteiger partial charge in [0.15, 0.2) is 0 Å². The highest BCUT2D eigenvalue weighted by Crippen LogP contribution is 2.15. The fourth-order valence-electron chi connectivity index (χ4n) is 1.33. The van der Waals surface area contributed by atoms with Crippen molar-refractivity contribution in [2.24, 2.45) is 0 Å². The Balaban J connectivity index is 2.82. The average Bonchev–Trinajstić information content (AvgIpc) is 2.31. The summed E-state index contributed by atoms with van der Waals surface area (Å²) in [6.07, 6.45) is 7.85. The van der Waals surface area contributed by atoms with Crippen LogP contribution in [0.4, 0.5) is 5.69 Å². The molecule has 0 spiro atoms. The van der Waals surface area contributed by atoms with Gasteiger partial charge in [0.05, 0.1) is 17.4 Å². The number of pyridine rings is 1. The molecule has 3 N–H and O–H groups in total. The SMILES string of the molecule is C#CCC(CC)NC(=O)c1cc(N)cnc1Cl. The fourth-order valence-corrected chi connectivity index (χ4v) is 1.52. The van der Waals surface area contributed by atoms with Gasteiger partial charge in [-0.3, -0.25) is 4.79 Å². The monoisotopic (exact) mass is 251 g/mol. The van der Waals surface area contributed by atoms with E-state index < -0.39 is 0 Å². The Hall–Kier alpha value is -1.73. The number of nitrogens with one attached hydrogen (secondary N) is 1. The third kappa shape index (κ3) is 3.65. The maximum absolute atomic E-state index is 11.9. The van der Waals surface area contributed by atoms with Gasteiger partial charge < -0.3 is 11.1 Å². The van der Waals surface area contributed by atoms with E-state index in [2.05, 4.69) is 16.2 Å². The Bertz CT molecular complexity index is 454. The molecule has 5 heteroatoms. The number of aromatic nitrogens is 1. The second kappa shape index (κ2) is 6.12. The highest BCUT2D eigenvalue weighted by atomic mass is 35.5. The van der Waals surface area contributed by atoms with Crippen LogP contribution in [-0.2, 0) is 0 Å². The number of carbonyl (C=O) groups is 1. The third-order valence-corrected chi connectivity index (χ3v) is 2.60. The van der Waals surface area contributed by atoms with Crippen molar-refractivity contribution in [3.05, 3.63) is 23.0 Å². The minimum absolute atomic E-state index is 0.0648. The number of anilines is 1. The van der Waals surface area contributed by atoms with Crippen molar-refractivity contribution >= 4 is 23.2 Å². The molecule has 0 fully saturated rings. The standard InChI is InChI=1S/C12H14ClN3O/c1-3-5-9(4-2)16-12(17)10-6-8(14)7-15-11(10)13/h1,6-7,9H,4-5,14H2,2H3,(H,16,17). The fraction of sp³-hybridized carbons (Fsp3) is 0.333. The predicted molar refractivity (Wildman–Crippen MR) is 68.7 cm³/mol.